The molecule has 0 amide bonds. The summed E-state index contributed by atoms with van der Waals surface area (Å²) in [4.78, 5) is 0. The summed E-state index contributed by atoms with van der Waals surface area (Å²) in [5.41, 5.74) is 17.2. The van der Waals surface area contributed by atoms with Gasteiger partial charge in [0.2, 0.25) is 0 Å². The molecule has 0 fully saturated rings. The topological polar surface area (TPSA) is 0 Å². The molecule has 6 unspecified atom stereocenters. The van der Waals surface area contributed by atoms with Gasteiger partial charge in [-0.2, -0.15) is 0 Å². The maximum atomic E-state index is 2.75. The Hall–Kier alpha value is -1.79. The van der Waals surface area contributed by atoms with Gasteiger partial charge in [-0.15, -0.1) is 0 Å². The number of rotatable bonds is 2. The second-order valence-electron chi connectivity index (χ2n) is 14.3. The maximum absolute atomic E-state index is 2.75. The van der Waals surface area contributed by atoms with Crippen molar-refractivity contribution in [3.63, 3.8) is 0 Å². The van der Waals surface area contributed by atoms with Gasteiger partial charge >= 0.3 is 263 Å². The van der Waals surface area contributed by atoms with Crippen LogP contribution >= 0.6 is 0 Å². The van der Waals surface area contributed by atoms with Crippen LogP contribution in [-0.4, -0.2) is 3.21 Å². The molecular weight excluding hydrogens is 655 g/mol. The van der Waals surface area contributed by atoms with Gasteiger partial charge in [0.25, 0.3) is 0 Å². The minimum absolute atomic E-state index is 0. The first-order chi connectivity index (χ1) is 20.0. The Morgan fingerprint density at radius 2 is 1.41 bits per heavy atom. The van der Waals surface area contributed by atoms with E-state index < -0.39 is 21.3 Å². The Morgan fingerprint density at radius 1 is 0.773 bits per heavy atom. The van der Waals surface area contributed by atoms with Gasteiger partial charge in [0.1, 0.15) is 0 Å². The van der Waals surface area contributed by atoms with Crippen LogP contribution in [0.2, 0.25) is 0 Å². The summed E-state index contributed by atoms with van der Waals surface area (Å²) < 4.78 is 2.51. The zero-order chi connectivity index (χ0) is 29.8. The fourth-order valence-electron chi connectivity index (χ4n) is 9.74. The van der Waals surface area contributed by atoms with E-state index in [2.05, 4.69) is 136 Å². The predicted molar refractivity (Wildman–Crippen MR) is 180 cm³/mol. The molecule has 3 aliphatic carbocycles. The van der Waals surface area contributed by atoms with Crippen LogP contribution in [0.1, 0.15) is 114 Å². The normalized spacial score (nSPS) is 25.6. The zero-order valence-electron chi connectivity index (χ0n) is 28.0. The Kier molecular flexibility index (Phi) is 8.99. The average molecular weight is 701 g/mol. The van der Waals surface area contributed by atoms with E-state index >= 15 is 0 Å². The standard InChI is InChI=1S/C29H33.C9H7.C3H6.2ClH.Zr/c1-14-13-24-25(18(5)15(14)2)21(8)28-27-20(7)17(4)16(3)19(6)26(27)22-11-9-10-12-23(22)29(24)28;1-2-5-9-7-3-6-8(9)4-1;1-3-2;;;/h9-13,16-17,19,21H,1-8H3;1-7H;1-2H3;2*1H;/q;;;;;+2/p-2. The van der Waals surface area contributed by atoms with Gasteiger partial charge in [-0.05, 0) is 0 Å². The first kappa shape index (κ1) is 33.6. The first-order valence-corrected chi connectivity index (χ1v) is 20.0. The van der Waals surface area contributed by atoms with Gasteiger partial charge < -0.3 is 24.8 Å². The van der Waals surface area contributed by atoms with Crippen molar-refractivity contribution in [2.45, 2.75) is 87.8 Å². The molecule has 4 aromatic carbocycles. The number of hydrogen-bond acceptors (Lipinski definition) is 0. The van der Waals surface area contributed by atoms with Crippen molar-refractivity contribution in [2.75, 3.05) is 0 Å². The molecule has 0 nitrogen and oxygen atoms in total. The monoisotopic (exact) mass is 698 g/mol. The largest absolute Gasteiger partial charge is 1.00 e. The van der Waals surface area contributed by atoms with Gasteiger partial charge in [0, 0.05) is 0 Å². The van der Waals surface area contributed by atoms with Gasteiger partial charge in [-0.25, -0.2) is 0 Å². The van der Waals surface area contributed by atoms with E-state index in [1.807, 2.05) is 0 Å². The van der Waals surface area contributed by atoms with Gasteiger partial charge in [0.15, 0.2) is 0 Å². The molecule has 0 spiro atoms. The fraction of sp³-hybridized carbons (Fsp3) is 0.390. The molecule has 6 atom stereocenters. The van der Waals surface area contributed by atoms with Crippen molar-refractivity contribution in [3.05, 3.63) is 111 Å². The Balaban J connectivity index is 0.00000192. The van der Waals surface area contributed by atoms with E-state index in [1.165, 1.54) is 38.6 Å². The van der Waals surface area contributed by atoms with Crippen molar-refractivity contribution < 1.29 is 46.1 Å². The molecule has 0 radical (unpaired) electrons. The van der Waals surface area contributed by atoms with Crippen LogP contribution in [0.25, 0.3) is 28.0 Å². The predicted octanol–water partition coefficient (Wildman–Crippen LogP) is 5.11. The minimum Gasteiger partial charge on any atom is -1.00 e. The van der Waals surface area contributed by atoms with E-state index in [0.717, 1.165) is 0 Å². The third-order valence-electron chi connectivity index (χ3n) is 12.3. The van der Waals surface area contributed by atoms with Crippen LogP contribution in [0, 0.1) is 32.6 Å². The van der Waals surface area contributed by atoms with Crippen molar-refractivity contribution in [1.82, 2.24) is 0 Å². The molecule has 3 aliphatic rings. The maximum Gasteiger partial charge on any atom is -1.00 e. The quantitative estimate of drug-likeness (QED) is 0.273. The molecule has 0 aliphatic heterocycles. The third-order valence-corrected chi connectivity index (χ3v) is 22.2. The summed E-state index contributed by atoms with van der Waals surface area (Å²) in [5.74, 6) is 2.20. The van der Waals surface area contributed by atoms with E-state index in [-0.39, 0.29) is 27.9 Å². The van der Waals surface area contributed by atoms with Crippen molar-refractivity contribution in [3.8, 4) is 11.1 Å². The SMILES string of the molecule is C[C](C)=[Zr+2]([CH]1C=Cc2ccccc21)[C]1(C)c2c3c(c4ccccc4c2C(C)C(C)C1C)-c1cc(C)c(C)c(C)c1C3C.[Cl-].[Cl-]. The van der Waals surface area contributed by atoms with Crippen molar-refractivity contribution in [2.24, 2.45) is 11.8 Å². The number of aryl methyl sites for hydroxylation is 1. The third kappa shape index (κ3) is 4.35. The zero-order valence-corrected chi connectivity index (χ0v) is 32.0. The minimum atomic E-state index is -2.43. The van der Waals surface area contributed by atoms with E-state index in [9.17, 15) is 0 Å². The van der Waals surface area contributed by atoms with Gasteiger partial charge in [-0.3, -0.25) is 0 Å². The second kappa shape index (κ2) is 11.8. The molecule has 44 heavy (non-hydrogen) atoms. The Bertz CT molecular complexity index is 1870. The Labute approximate surface area is 285 Å². The number of fused-ring (bicyclic) bond motifs is 9. The van der Waals surface area contributed by atoms with Crippen LogP contribution in [0.5, 0.6) is 0 Å². The van der Waals surface area contributed by atoms with E-state index in [4.69, 9.17) is 0 Å². The van der Waals surface area contributed by atoms with Crippen LogP contribution in [0.15, 0.2) is 60.7 Å². The first-order valence-electron chi connectivity index (χ1n) is 16.1. The number of hydrogen-bond donors (Lipinski definition) is 0. The molecule has 228 valence electrons. The average Bonchev–Trinajstić information content (AvgIpc) is 3.52. The van der Waals surface area contributed by atoms with E-state index in [1.54, 1.807) is 36.6 Å². The molecule has 4 aromatic rings. The fourth-order valence-corrected chi connectivity index (χ4v) is 20.7. The molecule has 0 aromatic heterocycles. The van der Waals surface area contributed by atoms with Crippen LogP contribution in [0.3, 0.4) is 0 Å². The van der Waals surface area contributed by atoms with Crippen molar-refractivity contribution in [1.29, 1.82) is 0 Å². The molecule has 0 saturated carbocycles. The second-order valence-corrected chi connectivity index (χ2v) is 22.8. The summed E-state index contributed by atoms with van der Waals surface area (Å²) in [5, 5.41) is 2.99. The smallest absolute Gasteiger partial charge is 1.00 e. The van der Waals surface area contributed by atoms with Crippen LogP contribution in [0.4, 0.5) is 0 Å². The molecule has 3 heteroatoms. The number of allylic oxidation sites excluding steroid dienone is 1. The van der Waals surface area contributed by atoms with Gasteiger partial charge in [0.05, 0.1) is 0 Å². The van der Waals surface area contributed by atoms with E-state index in [0.29, 0.717) is 27.3 Å². The molecule has 0 saturated heterocycles. The summed E-state index contributed by atoms with van der Waals surface area (Å²) in [7, 11) is 0. The van der Waals surface area contributed by atoms with Crippen molar-refractivity contribution >= 4 is 20.1 Å². The summed E-state index contributed by atoms with van der Waals surface area (Å²) in [6, 6.07) is 21.2. The molecule has 7 rings (SSSR count). The molecule has 0 N–H and O–H groups in total. The summed E-state index contributed by atoms with van der Waals surface area (Å²) >= 11 is -2.43. The van der Waals surface area contributed by atoms with Crippen LogP contribution in [-0.2, 0) is 24.4 Å². The van der Waals surface area contributed by atoms with Gasteiger partial charge in [-0.1, -0.05) is 0 Å². The summed E-state index contributed by atoms with van der Waals surface area (Å²) in [6.45, 7) is 25.1. The van der Waals surface area contributed by atoms with Crippen LogP contribution < -0.4 is 24.8 Å². The molecule has 0 bridgehead atoms. The number of halogens is 2. The number of benzene rings is 4. The summed E-state index contributed by atoms with van der Waals surface area (Å²) in [6.07, 6.45) is 5.05. The molecular formula is C41H46Cl2Zr. The Morgan fingerprint density at radius 3 is 2.09 bits per heavy atom. The molecule has 0 heterocycles.